The fraction of sp³-hybridized carbons (Fsp3) is 0.429. The minimum absolute atomic E-state index is 0.0541. The van der Waals surface area contributed by atoms with E-state index < -0.39 is 5.41 Å². The smallest absolute Gasteiger partial charge is 0.236 e. The zero-order valence-electron chi connectivity index (χ0n) is 9.90. The second-order valence-electron chi connectivity index (χ2n) is 5.45. The summed E-state index contributed by atoms with van der Waals surface area (Å²) in [5.41, 5.74) is 1.45. The normalized spacial score (nSPS) is 36.9. The van der Waals surface area contributed by atoms with E-state index in [1.807, 2.05) is 24.3 Å². The van der Waals surface area contributed by atoms with Crippen molar-refractivity contribution in [1.29, 1.82) is 0 Å². The van der Waals surface area contributed by atoms with Gasteiger partial charge in [-0.05, 0) is 24.5 Å². The molecule has 0 aromatic heterocycles. The Morgan fingerprint density at radius 3 is 2.89 bits per heavy atom. The molecule has 4 rings (SSSR count). The number of nitrogens with one attached hydrogen (secondary N) is 2. The van der Waals surface area contributed by atoms with Gasteiger partial charge in [-0.25, -0.2) is 0 Å². The van der Waals surface area contributed by atoms with Crippen molar-refractivity contribution in [3.63, 3.8) is 0 Å². The van der Waals surface area contributed by atoms with Gasteiger partial charge in [0.1, 0.15) is 5.78 Å². The number of anilines is 1. The average molecular weight is 242 g/mol. The molecule has 3 aliphatic heterocycles. The summed E-state index contributed by atoms with van der Waals surface area (Å²) in [7, 11) is 0. The van der Waals surface area contributed by atoms with Gasteiger partial charge in [0.05, 0.1) is 11.5 Å². The van der Waals surface area contributed by atoms with Crippen LogP contribution < -0.4 is 10.6 Å². The van der Waals surface area contributed by atoms with Crippen LogP contribution in [0.2, 0.25) is 0 Å². The molecule has 3 aliphatic rings. The van der Waals surface area contributed by atoms with E-state index in [2.05, 4.69) is 10.6 Å². The van der Waals surface area contributed by atoms with Gasteiger partial charge in [-0.15, -0.1) is 0 Å². The quantitative estimate of drug-likeness (QED) is 0.712. The molecule has 2 fully saturated rings. The molecule has 3 heterocycles. The van der Waals surface area contributed by atoms with Crippen molar-refractivity contribution >= 4 is 17.4 Å². The number of carbonyl (C=O) groups is 2. The van der Waals surface area contributed by atoms with Crippen LogP contribution in [0.15, 0.2) is 24.3 Å². The molecule has 1 spiro atoms. The molecule has 2 N–H and O–H groups in total. The maximum Gasteiger partial charge on any atom is 0.236 e. The van der Waals surface area contributed by atoms with Crippen LogP contribution >= 0.6 is 0 Å². The first kappa shape index (κ1) is 10.3. The number of rotatable bonds is 0. The van der Waals surface area contributed by atoms with Gasteiger partial charge in [-0.2, -0.15) is 0 Å². The molecule has 1 aromatic carbocycles. The highest BCUT2D eigenvalue weighted by Crippen LogP contribution is 2.49. The van der Waals surface area contributed by atoms with Crippen molar-refractivity contribution in [2.75, 3.05) is 5.32 Å². The Hall–Kier alpha value is -1.68. The van der Waals surface area contributed by atoms with Crippen molar-refractivity contribution < 1.29 is 9.59 Å². The summed E-state index contributed by atoms with van der Waals surface area (Å²) >= 11 is 0. The minimum Gasteiger partial charge on any atom is -0.325 e. The molecule has 18 heavy (non-hydrogen) atoms. The first-order chi connectivity index (χ1) is 8.72. The summed E-state index contributed by atoms with van der Waals surface area (Å²) in [6.45, 7) is 0. The van der Waals surface area contributed by atoms with E-state index in [1.54, 1.807) is 0 Å². The van der Waals surface area contributed by atoms with E-state index in [1.165, 1.54) is 0 Å². The van der Waals surface area contributed by atoms with Gasteiger partial charge in [0.25, 0.3) is 0 Å². The fourth-order valence-electron chi connectivity index (χ4n) is 3.79. The van der Waals surface area contributed by atoms with E-state index in [4.69, 9.17) is 0 Å². The first-order valence-electron chi connectivity index (χ1n) is 6.41. The number of ketones is 1. The number of Topliss-reactive ketones (excluding diaryl/α,β-unsaturated/α-hetero) is 1. The lowest BCUT2D eigenvalue weighted by Crippen LogP contribution is -2.48. The summed E-state index contributed by atoms with van der Waals surface area (Å²) in [6.07, 6.45) is 1.97. The zero-order valence-corrected chi connectivity index (χ0v) is 9.90. The lowest BCUT2D eigenvalue weighted by Gasteiger charge is -2.29. The Bertz CT molecular complexity index is 569. The molecule has 2 saturated heterocycles. The Kier molecular flexibility index (Phi) is 1.83. The topological polar surface area (TPSA) is 58.2 Å². The molecular formula is C14H14N2O2. The number of fused-ring (bicyclic) bond motifs is 5. The number of amides is 1. The zero-order chi connectivity index (χ0) is 12.3. The van der Waals surface area contributed by atoms with Crippen molar-refractivity contribution in [1.82, 2.24) is 5.32 Å². The molecule has 3 atom stereocenters. The van der Waals surface area contributed by atoms with Gasteiger partial charge >= 0.3 is 0 Å². The Labute approximate surface area is 105 Å². The predicted molar refractivity (Wildman–Crippen MR) is 66.3 cm³/mol. The van der Waals surface area contributed by atoms with Crippen molar-refractivity contribution in [3.05, 3.63) is 29.8 Å². The van der Waals surface area contributed by atoms with Crippen molar-refractivity contribution in [2.24, 2.45) is 0 Å². The van der Waals surface area contributed by atoms with Crippen LogP contribution in [0.4, 0.5) is 5.69 Å². The Morgan fingerprint density at radius 2 is 2.06 bits per heavy atom. The third-order valence-electron chi connectivity index (χ3n) is 4.65. The van der Waals surface area contributed by atoms with Crippen LogP contribution in [0.5, 0.6) is 0 Å². The van der Waals surface area contributed by atoms with E-state index >= 15 is 0 Å². The molecular weight excluding hydrogens is 228 g/mol. The number of hydrogen-bond acceptors (Lipinski definition) is 3. The molecule has 0 saturated carbocycles. The van der Waals surface area contributed by atoms with Crippen LogP contribution in [-0.4, -0.2) is 23.8 Å². The van der Waals surface area contributed by atoms with E-state index in [0.29, 0.717) is 12.8 Å². The first-order valence-corrected chi connectivity index (χ1v) is 6.41. The van der Waals surface area contributed by atoms with Crippen LogP contribution in [0.1, 0.15) is 24.8 Å². The van der Waals surface area contributed by atoms with E-state index in [9.17, 15) is 9.59 Å². The van der Waals surface area contributed by atoms with Gasteiger partial charge < -0.3 is 10.6 Å². The second-order valence-corrected chi connectivity index (χ2v) is 5.45. The van der Waals surface area contributed by atoms with E-state index in [-0.39, 0.29) is 23.8 Å². The highest BCUT2D eigenvalue weighted by atomic mass is 16.2. The average Bonchev–Trinajstić information content (AvgIpc) is 2.85. The highest BCUT2D eigenvalue weighted by Gasteiger charge is 2.59. The number of para-hydroxylation sites is 1. The van der Waals surface area contributed by atoms with Crippen molar-refractivity contribution in [2.45, 2.75) is 36.8 Å². The van der Waals surface area contributed by atoms with E-state index in [0.717, 1.165) is 17.7 Å². The summed E-state index contributed by atoms with van der Waals surface area (Å²) in [5.74, 6) is 0.304. The lowest BCUT2D eigenvalue weighted by molar-refractivity contribution is -0.122. The van der Waals surface area contributed by atoms with Gasteiger partial charge in [-0.1, -0.05) is 18.2 Å². The molecule has 4 heteroatoms. The molecule has 2 bridgehead atoms. The fourth-order valence-corrected chi connectivity index (χ4v) is 3.79. The maximum absolute atomic E-state index is 12.4. The van der Waals surface area contributed by atoms with Gasteiger partial charge in [0.2, 0.25) is 5.91 Å². The standard InChI is InChI=1S/C14H14N2O2/c17-11-5-6-12-14(7-10(11)15-12)8-3-1-2-4-9(8)16-13(14)18/h1-4,10,12,15H,5-7H2,(H,16,18)/t10?,12?,14-/m0/s1. The summed E-state index contributed by atoms with van der Waals surface area (Å²) < 4.78 is 0. The Balaban J connectivity index is 1.89. The van der Waals surface area contributed by atoms with Gasteiger partial charge in [-0.3, -0.25) is 9.59 Å². The number of piperidine rings is 1. The van der Waals surface area contributed by atoms with Crippen LogP contribution in [0, 0.1) is 0 Å². The third-order valence-corrected chi connectivity index (χ3v) is 4.65. The number of carbonyl (C=O) groups excluding carboxylic acids is 2. The summed E-state index contributed by atoms with van der Waals surface area (Å²) in [5, 5.41) is 6.30. The van der Waals surface area contributed by atoms with Crippen LogP contribution in [0.3, 0.4) is 0 Å². The molecule has 1 amide bonds. The molecule has 4 nitrogen and oxygen atoms in total. The SMILES string of the molecule is O=C1CCC2NC1C[C@@]21C(=O)Nc2ccccc21. The van der Waals surface area contributed by atoms with Crippen LogP contribution in [0.25, 0.3) is 0 Å². The minimum atomic E-state index is -0.520. The Morgan fingerprint density at radius 1 is 1.22 bits per heavy atom. The van der Waals surface area contributed by atoms with Gasteiger partial charge in [0.15, 0.2) is 0 Å². The summed E-state index contributed by atoms with van der Waals surface area (Å²) in [6, 6.07) is 7.80. The highest BCUT2D eigenvalue weighted by molar-refractivity contribution is 6.08. The van der Waals surface area contributed by atoms with Crippen molar-refractivity contribution in [3.8, 4) is 0 Å². The monoisotopic (exact) mass is 242 g/mol. The number of benzene rings is 1. The predicted octanol–water partition coefficient (Wildman–Crippen LogP) is 0.970. The maximum atomic E-state index is 12.4. The summed E-state index contributed by atoms with van der Waals surface area (Å²) in [4.78, 5) is 24.3. The molecule has 2 unspecified atom stereocenters. The molecule has 0 radical (unpaired) electrons. The van der Waals surface area contributed by atoms with Crippen LogP contribution in [-0.2, 0) is 15.0 Å². The lowest BCUT2D eigenvalue weighted by atomic mass is 9.74. The molecule has 1 aromatic rings. The third kappa shape index (κ3) is 1.04. The molecule has 92 valence electrons. The largest absolute Gasteiger partial charge is 0.325 e. The molecule has 0 aliphatic carbocycles. The number of hydrogen-bond donors (Lipinski definition) is 2. The van der Waals surface area contributed by atoms with Gasteiger partial charge in [0, 0.05) is 18.2 Å². The second kappa shape index (κ2) is 3.20.